The van der Waals surface area contributed by atoms with Crippen LogP contribution < -0.4 is 9.64 Å². The Hall–Kier alpha value is -3.80. The number of fused-ring (bicyclic) bond motifs is 1. The van der Waals surface area contributed by atoms with Gasteiger partial charge in [-0.3, -0.25) is 4.90 Å². The second-order valence-corrected chi connectivity index (χ2v) is 8.73. The van der Waals surface area contributed by atoms with Crippen molar-refractivity contribution in [3.05, 3.63) is 90.3 Å². The molecule has 6 heteroatoms. The lowest BCUT2D eigenvalue weighted by molar-refractivity contribution is 0.220. The van der Waals surface area contributed by atoms with Crippen LogP contribution >= 0.6 is 0 Å². The molecule has 0 saturated carbocycles. The van der Waals surface area contributed by atoms with Crippen molar-refractivity contribution in [2.75, 3.05) is 24.6 Å². The van der Waals surface area contributed by atoms with Crippen molar-refractivity contribution in [1.82, 2.24) is 14.9 Å². The van der Waals surface area contributed by atoms with Crippen molar-refractivity contribution in [2.24, 2.45) is 0 Å². The van der Waals surface area contributed by atoms with Crippen LogP contribution in [0.4, 0.5) is 10.5 Å². The van der Waals surface area contributed by atoms with Gasteiger partial charge < -0.3 is 14.6 Å². The number of carbonyl (C=O) groups is 1. The highest BCUT2D eigenvalue weighted by molar-refractivity contribution is 5.97. The van der Waals surface area contributed by atoms with E-state index in [9.17, 15) is 4.79 Å². The molecule has 4 aromatic rings. The number of carbonyl (C=O) groups excluding carboxylic acids is 1. The van der Waals surface area contributed by atoms with E-state index in [1.807, 2.05) is 46.2 Å². The van der Waals surface area contributed by atoms with Gasteiger partial charge in [-0.05, 0) is 60.7 Å². The maximum absolute atomic E-state index is 13.6. The number of hydrogen-bond donors (Lipinski definition) is 1. The average molecular weight is 455 g/mol. The van der Waals surface area contributed by atoms with Gasteiger partial charge in [0.25, 0.3) is 0 Å². The van der Waals surface area contributed by atoms with Crippen LogP contribution in [-0.4, -0.2) is 40.6 Å². The Bertz CT molecular complexity index is 1240. The van der Waals surface area contributed by atoms with E-state index in [4.69, 9.17) is 4.74 Å². The maximum Gasteiger partial charge on any atom is 0.325 e. The predicted molar refractivity (Wildman–Crippen MR) is 135 cm³/mol. The number of amides is 2. The molecule has 1 atom stereocenters. The second-order valence-electron chi connectivity index (χ2n) is 8.73. The summed E-state index contributed by atoms with van der Waals surface area (Å²) in [5, 5.41) is 0. The summed E-state index contributed by atoms with van der Waals surface area (Å²) in [6.07, 6.45) is 4.54. The number of anilines is 1. The quantitative estimate of drug-likeness (QED) is 0.339. The summed E-state index contributed by atoms with van der Waals surface area (Å²) >= 11 is 0. The van der Waals surface area contributed by atoms with Crippen molar-refractivity contribution in [3.8, 4) is 5.75 Å². The van der Waals surface area contributed by atoms with E-state index in [0.717, 1.165) is 53.8 Å². The monoisotopic (exact) mass is 454 g/mol. The van der Waals surface area contributed by atoms with Crippen molar-refractivity contribution in [2.45, 2.75) is 32.2 Å². The smallest absolute Gasteiger partial charge is 0.325 e. The van der Waals surface area contributed by atoms with E-state index in [1.165, 1.54) is 5.56 Å². The number of aryl methyl sites for hydroxylation is 1. The summed E-state index contributed by atoms with van der Waals surface area (Å²) in [5.74, 6) is 0.860. The molecule has 6 nitrogen and oxygen atoms in total. The van der Waals surface area contributed by atoms with Crippen LogP contribution in [0.5, 0.6) is 5.75 Å². The molecular formula is C28H30N4O2. The molecule has 0 spiro atoms. The first kappa shape index (κ1) is 22.0. The van der Waals surface area contributed by atoms with Gasteiger partial charge in [-0.25, -0.2) is 9.78 Å². The Kier molecular flexibility index (Phi) is 6.47. The zero-order chi connectivity index (χ0) is 23.3. The molecule has 5 rings (SSSR count). The van der Waals surface area contributed by atoms with Gasteiger partial charge in [-0.15, -0.1) is 0 Å². The molecule has 174 valence electrons. The Morgan fingerprint density at radius 3 is 2.68 bits per heavy atom. The molecule has 2 heterocycles. The number of aromatic amines is 1. The topological polar surface area (TPSA) is 61.5 Å². The Labute approximate surface area is 200 Å². The minimum Gasteiger partial charge on any atom is -0.494 e. The molecule has 34 heavy (non-hydrogen) atoms. The third-order valence-electron chi connectivity index (χ3n) is 6.34. The number of hydrogen-bond acceptors (Lipinski definition) is 3. The molecule has 1 unspecified atom stereocenters. The predicted octanol–water partition coefficient (Wildman–Crippen LogP) is 5.97. The van der Waals surface area contributed by atoms with Crippen molar-refractivity contribution in [1.29, 1.82) is 0 Å². The number of ether oxygens (including phenoxy) is 1. The Balaban J connectivity index is 1.38. The van der Waals surface area contributed by atoms with Crippen LogP contribution in [0.25, 0.3) is 11.0 Å². The van der Waals surface area contributed by atoms with Crippen LogP contribution in [-0.2, 0) is 6.42 Å². The molecule has 1 aliphatic rings. The lowest BCUT2D eigenvalue weighted by Gasteiger charge is -2.24. The molecule has 3 aromatic carbocycles. The number of nitrogens with zero attached hydrogens (tertiary/aromatic N) is 3. The minimum absolute atomic E-state index is 0.0410. The SMILES string of the molecule is CCCOc1ccc(C2CN(CCCc3ccccc3)C(=O)N2c2ccc3[nH]cnc3c2)cc1. The van der Waals surface area contributed by atoms with Crippen molar-refractivity contribution in [3.63, 3.8) is 0 Å². The lowest BCUT2D eigenvalue weighted by Crippen LogP contribution is -2.33. The molecule has 1 saturated heterocycles. The van der Waals surface area contributed by atoms with Crippen molar-refractivity contribution >= 4 is 22.8 Å². The zero-order valence-corrected chi connectivity index (χ0v) is 19.5. The zero-order valence-electron chi connectivity index (χ0n) is 19.5. The molecule has 1 N–H and O–H groups in total. The second kappa shape index (κ2) is 10.00. The van der Waals surface area contributed by atoms with E-state index >= 15 is 0 Å². The summed E-state index contributed by atoms with van der Waals surface area (Å²) in [7, 11) is 0. The van der Waals surface area contributed by atoms with Gasteiger partial charge in [0, 0.05) is 18.8 Å². The molecule has 0 aliphatic carbocycles. The third kappa shape index (κ3) is 4.62. The van der Waals surface area contributed by atoms with Gasteiger partial charge in [0.1, 0.15) is 5.75 Å². The van der Waals surface area contributed by atoms with Crippen LogP contribution in [0, 0.1) is 0 Å². The molecular weight excluding hydrogens is 424 g/mol. The fourth-order valence-electron chi connectivity index (χ4n) is 4.58. The number of aromatic nitrogens is 2. The maximum atomic E-state index is 13.6. The third-order valence-corrected chi connectivity index (χ3v) is 6.34. The van der Waals surface area contributed by atoms with Crippen LogP contribution in [0.15, 0.2) is 79.1 Å². The summed E-state index contributed by atoms with van der Waals surface area (Å²) in [4.78, 5) is 25.0. The standard InChI is InChI=1S/C28H30N4O2/c1-2-17-34-24-13-10-22(11-14-24)27-19-31(16-6-9-21-7-4-3-5-8-21)28(33)32(27)23-12-15-25-26(18-23)30-20-29-25/h3-5,7-8,10-15,18,20,27H,2,6,9,16-17,19H2,1H3,(H,29,30). The number of H-pyrrole nitrogens is 1. The Morgan fingerprint density at radius 2 is 1.88 bits per heavy atom. The molecule has 1 fully saturated rings. The summed E-state index contributed by atoms with van der Waals surface area (Å²) in [6, 6.07) is 24.6. The summed E-state index contributed by atoms with van der Waals surface area (Å²) < 4.78 is 5.76. The van der Waals surface area contributed by atoms with Gasteiger partial charge in [-0.2, -0.15) is 0 Å². The minimum atomic E-state index is -0.0687. The van der Waals surface area contributed by atoms with Gasteiger partial charge in [0.15, 0.2) is 0 Å². The van der Waals surface area contributed by atoms with E-state index < -0.39 is 0 Å². The Morgan fingerprint density at radius 1 is 1.06 bits per heavy atom. The first-order valence-electron chi connectivity index (χ1n) is 12.0. The van der Waals surface area contributed by atoms with Gasteiger partial charge in [0.05, 0.1) is 30.0 Å². The lowest BCUT2D eigenvalue weighted by atomic mass is 10.1. The number of benzene rings is 3. The number of rotatable bonds is 9. The van der Waals surface area contributed by atoms with Gasteiger partial charge >= 0.3 is 6.03 Å². The van der Waals surface area contributed by atoms with Crippen LogP contribution in [0.2, 0.25) is 0 Å². The first-order valence-corrected chi connectivity index (χ1v) is 12.0. The van der Waals surface area contributed by atoms with E-state index in [2.05, 4.69) is 53.3 Å². The van der Waals surface area contributed by atoms with Gasteiger partial charge in [-0.1, -0.05) is 49.4 Å². The first-order chi connectivity index (χ1) is 16.7. The largest absolute Gasteiger partial charge is 0.494 e. The molecule has 0 bridgehead atoms. The molecule has 0 radical (unpaired) electrons. The fourth-order valence-corrected chi connectivity index (χ4v) is 4.58. The van der Waals surface area contributed by atoms with E-state index in [0.29, 0.717) is 13.2 Å². The van der Waals surface area contributed by atoms with Crippen molar-refractivity contribution < 1.29 is 9.53 Å². The van der Waals surface area contributed by atoms with Crippen LogP contribution in [0.1, 0.15) is 36.9 Å². The highest BCUT2D eigenvalue weighted by Crippen LogP contribution is 2.36. The molecule has 1 aromatic heterocycles. The normalized spacial score (nSPS) is 15.9. The van der Waals surface area contributed by atoms with E-state index in [1.54, 1.807) is 6.33 Å². The van der Waals surface area contributed by atoms with Crippen LogP contribution in [0.3, 0.4) is 0 Å². The number of urea groups is 1. The number of imidazole rings is 1. The highest BCUT2D eigenvalue weighted by atomic mass is 16.5. The highest BCUT2D eigenvalue weighted by Gasteiger charge is 2.39. The molecule has 2 amide bonds. The van der Waals surface area contributed by atoms with Gasteiger partial charge in [0.2, 0.25) is 0 Å². The molecule has 1 aliphatic heterocycles. The fraction of sp³-hybridized carbons (Fsp3) is 0.286. The number of nitrogens with one attached hydrogen (secondary N) is 1. The summed E-state index contributed by atoms with van der Waals surface area (Å²) in [6.45, 7) is 4.18. The summed E-state index contributed by atoms with van der Waals surface area (Å²) in [5.41, 5.74) is 5.09. The average Bonchev–Trinajstić information content (AvgIpc) is 3.47. The van der Waals surface area contributed by atoms with E-state index in [-0.39, 0.29) is 12.1 Å².